The summed E-state index contributed by atoms with van der Waals surface area (Å²) in [4.78, 5) is 27.1. The van der Waals surface area contributed by atoms with Gasteiger partial charge in [-0.2, -0.15) is 0 Å². The largest absolute Gasteiger partial charge is 0.494 e. The summed E-state index contributed by atoms with van der Waals surface area (Å²) in [6.07, 6.45) is 1.67. The Morgan fingerprint density at radius 3 is 2.21 bits per heavy atom. The van der Waals surface area contributed by atoms with Gasteiger partial charge < -0.3 is 15.0 Å². The summed E-state index contributed by atoms with van der Waals surface area (Å²) >= 11 is 0. The van der Waals surface area contributed by atoms with E-state index in [2.05, 4.69) is 5.32 Å². The molecule has 0 saturated carbocycles. The predicted octanol–water partition coefficient (Wildman–Crippen LogP) is 3.83. The molecule has 0 spiro atoms. The first-order valence-electron chi connectivity index (χ1n) is 10.3. The molecular weight excluding hydrogens is 364 g/mol. The van der Waals surface area contributed by atoms with Crippen LogP contribution < -0.4 is 10.1 Å². The molecule has 0 unspecified atom stereocenters. The molecular formula is C24H32N2O3. The van der Waals surface area contributed by atoms with Gasteiger partial charge in [-0.15, -0.1) is 0 Å². The van der Waals surface area contributed by atoms with Crippen LogP contribution >= 0.6 is 0 Å². The number of benzene rings is 2. The van der Waals surface area contributed by atoms with Crippen molar-refractivity contribution in [1.29, 1.82) is 0 Å². The zero-order valence-corrected chi connectivity index (χ0v) is 17.6. The van der Waals surface area contributed by atoms with Crippen molar-refractivity contribution in [3.05, 3.63) is 66.2 Å². The van der Waals surface area contributed by atoms with E-state index >= 15 is 0 Å². The highest BCUT2D eigenvalue weighted by Gasteiger charge is 2.25. The molecule has 0 saturated heterocycles. The van der Waals surface area contributed by atoms with Crippen LogP contribution in [0.5, 0.6) is 5.75 Å². The molecule has 0 heterocycles. The molecule has 0 aliphatic carbocycles. The van der Waals surface area contributed by atoms with Gasteiger partial charge in [0.05, 0.1) is 6.61 Å². The molecule has 0 bridgehead atoms. The van der Waals surface area contributed by atoms with Crippen molar-refractivity contribution in [2.45, 2.75) is 52.1 Å². The third-order valence-corrected chi connectivity index (χ3v) is 4.63. The minimum Gasteiger partial charge on any atom is -0.494 e. The quantitative estimate of drug-likeness (QED) is 0.587. The van der Waals surface area contributed by atoms with Crippen molar-refractivity contribution in [2.75, 3.05) is 13.2 Å². The fraction of sp³-hybridized carbons (Fsp3) is 0.417. The molecule has 0 aliphatic heterocycles. The lowest BCUT2D eigenvalue weighted by Gasteiger charge is -2.29. The zero-order valence-electron chi connectivity index (χ0n) is 17.6. The number of carbonyl (C=O) groups excluding carboxylic acids is 2. The van der Waals surface area contributed by atoms with Gasteiger partial charge in [0.2, 0.25) is 11.8 Å². The number of nitrogens with one attached hydrogen (secondary N) is 1. The first-order valence-corrected chi connectivity index (χ1v) is 10.3. The van der Waals surface area contributed by atoms with Crippen LogP contribution in [-0.4, -0.2) is 41.9 Å². The molecule has 5 nitrogen and oxygen atoms in total. The first-order chi connectivity index (χ1) is 14.0. The maximum absolute atomic E-state index is 12.9. The van der Waals surface area contributed by atoms with Crippen LogP contribution in [-0.2, 0) is 16.0 Å². The molecule has 2 aromatic rings. The predicted molar refractivity (Wildman–Crippen MR) is 116 cm³/mol. The Kier molecular flexibility index (Phi) is 9.22. The van der Waals surface area contributed by atoms with Crippen molar-refractivity contribution in [1.82, 2.24) is 10.2 Å². The standard InChI is InChI=1S/C24H32N2O3/c1-19(2)25-24(28)20(3)26(17-16-21-11-6-4-7-12-21)23(27)15-10-18-29-22-13-8-5-9-14-22/h4-9,11-14,19-20H,10,15-18H2,1-3H3,(H,25,28)/t20-/m0/s1. The van der Waals surface area contributed by atoms with Crippen LogP contribution in [0.25, 0.3) is 0 Å². The van der Waals surface area contributed by atoms with E-state index in [1.54, 1.807) is 11.8 Å². The topological polar surface area (TPSA) is 58.6 Å². The minimum atomic E-state index is -0.511. The van der Waals surface area contributed by atoms with E-state index in [0.717, 1.165) is 11.3 Å². The van der Waals surface area contributed by atoms with E-state index in [1.165, 1.54) is 0 Å². The monoisotopic (exact) mass is 396 g/mol. The van der Waals surface area contributed by atoms with Gasteiger partial charge in [0.15, 0.2) is 0 Å². The first kappa shape index (κ1) is 22.5. The molecule has 0 radical (unpaired) electrons. The Labute approximate surface area is 174 Å². The third-order valence-electron chi connectivity index (χ3n) is 4.63. The Balaban J connectivity index is 1.92. The van der Waals surface area contributed by atoms with E-state index in [0.29, 0.717) is 32.4 Å². The molecule has 2 aromatic carbocycles. The van der Waals surface area contributed by atoms with Gasteiger partial charge in [0.25, 0.3) is 0 Å². The summed E-state index contributed by atoms with van der Waals surface area (Å²) in [5, 5.41) is 2.91. The van der Waals surface area contributed by atoms with Crippen molar-refractivity contribution < 1.29 is 14.3 Å². The summed E-state index contributed by atoms with van der Waals surface area (Å²) < 4.78 is 5.68. The summed E-state index contributed by atoms with van der Waals surface area (Å²) in [6, 6.07) is 19.1. The van der Waals surface area contributed by atoms with Gasteiger partial charge in [-0.05, 0) is 51.3 Å². The van der Waals surface area contributed by atoms with Crippen LogP contribution in [0, 0.1) is 0 Å². The normalized spacial score (nSPS) is 11.7. The third kappa shape index (κ3) is 7.98. The fourth-order valence-corrected chi connectivity index (χ4v) is 3.05. The van der Waals surface area contributed by atoms with Crippen LogP contribution in [0.4, 0.5) is 0 Å². The molecule has 5 heteroatoms. The SMILES string of the molecule is CC(C)NC(=O)[C@H](C)N(CCc1ccccc1)C(=O)CCCOc1ccccc1. The fourth-order valence-electron chi connectivity index (χ4n) is 3.05. The number of rotatable bonds is 11. The maximum atomic E-state index is 12.9. The van der Waals surface area contributed by atoms with Crippen molar-refractivity contribution >= 4 is 11.8 Å². The van der Waals surface area contributed by atoms with Crippen molar-refractivity contribution in [3.8, 4) is 5.75 Å². The molecule has 1 N–H and O–H groups in total. The van der Waals surface area contributed by atoms with Crippen molar-refractivity contribution in [2.24, 2.45) is 0 Å². The van der Waals surface area contributed by atoms with Gasteiger partial charge >= 0.3 is 0 Å². The highest BCUT2D eigenvalue weighted by Crippen LogP contribution is 2.11. The summed E-state index contributed by atoms with van der Waals surface area (Å²) in [5.74, 6) is 0.650. The van der Waals surface area contributed by atoms with E-state index < -0.39 is 6.04 Å². The Morgan fingerprint density at radius 1 is 0.966 bits per heavy atom. The summed E-state index contributed by atoms with van der Waals surface area (Å²) in [5.41, 5.74) is 1.15. The van der Waals surface area contributed by atoms with Gasteiger partial charge in [-0.25, -0.2) is 0 Å². The molecule has 1 atom stereocenters. The van der Waals surface area contributed by atoms with Gasteiger partial charge in [0, 0.05) is 19.0 Å². The second kappa shape index (κ2) is 11.9. The summed E-state index contributed by atoms with van der Waals surface area (Å²) in [6.45, 7) is 6.61. The second-order valence-corrected chi connectivity index (χ2v) is 7.43. The highest BCUT2D eigenvalue weighted by molar-refractivity contribution is 5.87. The molecule has 156 valence electrons. The molecule has 29 heavy (non-hydrogen) atoms. The van der Waals surface area contributed by atoms with Crippen LogP contribution in [0.2, 0.25) is 0 Å². The number of hydrogen-bond donors (Lipinski definition) is 1. The van der Waals surface area contributed by atoms with E-state index in [-0.39, 0.29) is 17.9 Å². The minimum absolute atomic E-state index is 0.0241. The highest BCUT2D eigenvalue weighted by atomic mass is 16.5. The van der Waals surface area contributed by atoms with Crippen LogP contribution in [0.1, 0.15) is 39.2 Å². The Hall–Kier alpha value is -2.82. The number of nitrogens with zero attached hydrogens (tertiary/aromatic N) is 1. The van der Waals surface area contributed by atoms with Crippen LogP contribution in [0.15, 0.2) is 60.7 Å². The molecule has 0 aliphatic rings. The van der Waals surface area contributed by atoms with E-state index in [9.17, 15) is 9.59 Å². The van der Waals surface area contributed by atoms with Crippen LogP contribution in [0.3, 0.4) is 0 Å². The lowest BCUT2D eigenvalue weighted by atomic mass is 10.1. The Morgan fingerprint density at radius 2 is 1.59 bits per heavy atom. The zero-order chi connectivity index (χ0) is 21.1. The van der Waals surface area contributed by atoms with Gasteiger partial charge in [-0.1, -0.05) is 48.5 Å². The molecule has 0 aromatic heterocycles. The number of ether oxygens (including phenoxy) is 1. The maximum Gasteiger partial charge on any atom is 0.242 e. The summed E-state index contributed by atoms with van der Waals surface area (Å²) in [7, 11) is 0. The lowest BCUT2D eigenvalue weighted by Crippen LogP contribution is -2.50. The molecule has 2 amide bonds. The van der Waals surface area contributed by atoms with Crippen molar-refractivity contribution in [3.63, 3.8) is 0 Å². The van der Waals surface area contributed by atoms with Gasteiger partial charge in [0.1, 0.15) is 11.8 Å². The van der Waals surface area contributed by atoms with E-state index in [4.69, 9.17) is 4.74 Å². The average molecular weight is 397 g/mol. The number of para-hydroxylation sites is 1. The molecule has 2 rings (SSSR count). The Bertz CT molecular complexity index is 747. The average Bonchev–Trinajstić information content (AvgIpc) is 2.72. The second-order valence-electron chi connectivity index (χ2n) is 7.43. The van der Waals surface area contributed by atoms with E-state index in [1.807, 2.05) is 74.5 Å². The number of hydrogen-bond acceptors (Lipinski definition) is 3. The molecule has 0 fully saturated rings. The smallest absolute Gasteiger partial charge is 0.242 e. The number of carbonyl (C=O) groups is 2. The lowest BCUT2D eigenvalue weighted by molar-refractivity contribution is -0.140. The number of amides is 2. The van der Waals surface area contributed by atoms with Gasteiger partial charge in [-0.3, -0.25) is 9.59 Å².